The number of likely N-dealkylation sites (N-methyl/N-ethyl adjacent to an activating group) is 1. The Morgan fingerprint density at radius 2 is 2.17 bits per heavy atom. The van der Waals surface area contributed by atoms with Crippen LogP contribution in [0.4, 0.5) is 4.39 Å². The average Bonchev–Trinajstić information content (AvgIpc) is 2.30. The Kier molecular flexibility index (Phi) is 5.25. The molecule has 0 atom stereocenters. The first-order valence-electron chi connectivity index (χ1n) is 5.65. The summed E-state index contributed by atoms with van der Waals surface area (Å²) in [7, 11) is 3.43. The van der Waals surface area contributed by atoms with Crippen LogP contribution in [0.25, 0.3) is 0 Å². The van der Waals surface area contributed by atoms with E-state index in [-0.39, 0.29) is 17.1 Å². The lowest BCUT2D eigenvalue weighted by atomic mass is 10.1. The van der Waals surface area contributed by atoms with E-state index in [1.54, 1.807) is 7.11 Å². The summed E-state index contributed by atoms with van der Waals surface area (Å²) in [6.07, 6.45) is 0. The molecule has 0 radical (unpaired) electrons. The number of ether oxygens (including phenoxy) is 1. The summed E-state index contributed by atoms with van der Waals surface area (Å²) in [6, 6.07) is 2.29. The minimum atomic E-state index is -0.520. The number of aromatic hydroxyl groups is 1. The molecule has 5 heteroatoms. The molecule has 100 valence electrons. The van der Waals surface area contributed by atoms with Gasteiger partial charge in [0.15, 0.2) is 5.78 Å². The number of rotatable bonds is 6. The summed E-state index contributed by atoms with van der Waals surface area (Å²) in [5.74, 6) is -1.02. The van der Waals surface area contributed by atoms with Crippen LogP contribution in [0.3, 0.4) is 0 Å². The van der Waals surface area contributed by atoms with Gasteiger partial charge in [-0.05, 0) is 26.1 Å². The predicted octanol–water partition coefficient (Wildman–Crippen LogP) is 1.81. The zero-order chi connectivity index (χ0) is 13.7. The number of phenolic OH excluding ortho intramolecular Hbond substituents is 1. The number of carbonyl (C=O) groups is 1. The van der Waals surface area contributed by atoms with E-state index in [9.17, 15) is 14.3 Å². The lowest BCUT2D eigenvalue weighted by molar-refractivity contribution is 0.101. The maximum Gasteiger partial charge on any atom is 0.163 e. The maximum atomic E-state index is 13.4. The quantitative estimate of drug-likeness (QED) is 0.788. The largest absolute Gasteiger partial charge is 0.507 e. The molecule has 1 rings (SSSR count). The molecule has 0 aliphatic heterocycles. The zero-order valence-electron chi connectivity index (χ0n) is 10.9. The van der Waals surface area contributed by atoms with Crippen LogP contribution in [0.1, 0.15) is 22.8 Å². The summed E-state index contributed by atoms with van der Waals surface area (Å²) < 4.78 is 18.3. The van der Waals surface area contributed by atoms with Gasteiger partial charge in [0, 0.05) is 25.8 Å². The lowest BCUT2D eigenvalue weighted by Gasteiger charge is -2.17. The van der Waals surface area contributed by atoms with E-state index in [2.05, 4.69) is 0 Å². The normalized spacial score (nSPS) is 10.9. The van der Waals surface area contributed by atoms with E-state index in [0.29, 0.717) is 25.3 Å². The Morgan fingerprint density at radius 1 is 1.50 bits per heavy atom. The Labute approximate surface area is 106 Å². The van der Waals surface area contributed by atoms with Crippen LogP contribution >= 0.6 is 0 Å². The molecule has 1 aromatic rings. The zero-order valence-corrected chi connectivity index (χ0v) is 10.9. The van der Waals surface area contributed by atoms with Crippen LogP contribution in [0, 0.1) is 5.82 Å². The topological polar surface area (TPSA) is 49.8 Å². The molecule has 0 amide bonds. The van der Waals surface area contributed by atoms with E-state index < -0.39 is 5.82 Å². The Bertz CT molecular complexity index is 434. The van der Waals surface area contributed by atoms with Crippen molar-refractivity contribution >= 4 is 5.78 Å². The summed E-state index contributed by atoms with van der Waals surface area (Å²) in [4.78, 5) is 13.1. The molecule has 0 aliphatic carbocycles. The van der Waals surface area contributed by atoms with Crippen LogP contribution in [0.5, 0.6) is 5.75 Å². The maximum absolute atomic E-state index is 13.4. The SMILES string of the molecule is COCCN(C)Cc1cc(F)cc(C(C)=O)c1O. The second kappa shape index (κ2) is 6.47. The van der Waals surface area contributed by atoms with Crippen molar-refractivity contribution < 1.29 is 19.0 Å². The van der Waals surface area contributed by atoms with Crippen molar-refractivity contribution in [2.75, 3.05) is 27.3 Å². The molecule has 1 N–H and O–H groups in total. The first kappa shape index (κ1) is 14.6. The number of ketones is 1. The van der Waals surface area contributed by atoms with Crippen LogP contribution in [0.15, 0.2) is 12.1 Å². The number of hydrogen-bond donors (Lipinski definition) is 1. The van der Waals surface area contributed by atoms with E-state index in [1.807, 2.05) is 11.9 Å². The van der Waals surface area contributed by atoms with E-state index in [1.165, 1.54) is 13.0 Å². The van der Waals surface area contributed by atoms with Gasteiger partial charge < -0.3 is 9.84 Å². The van der Waals surface area contributed by atoms with Gasteiger partial charge in [-0.2, -0.15) is 0 Å². The minimum absolute atomic E-state index is 0.0186. The molecule has 0 bridgehead atoms. The van der Waals surface area contributed by atoms with Gasteiger partial charge in [-0.1, -0.05) is 0 Å². The van der Waals surface area contributed by atoms with Gasteiger partial charge >= 0.3 is 0 Å². The van der Waals surface area contributed by atoms with Crippen molar-refractivity contribution in [1.82, 2.24) is 4.90 Å². The molecule has 0 unspecified atom stereocenters. The molecule has 0 spiro atoms. The minimum Gasteiger partial charge on any atom is -0.507 e. The number of halogens is 1. The molecule has 4 nitrogen and oxygen atoms in total. The molecule has 1 aromatic carbocycles. The second-order valence-corrected chi connectivity index (χ2v) is 4.25. The highest BCUT2D eigenvalue weighted by Gasteiger charge is 2.14. The Morgan fingerprint density at radius 3 is 2.72 bits per heavy atom. The van der Waals surface area contributed by atoms with Crippen molar-refractivity contribution in [3.8, 4) is 5.75 Å². The molecule has 0 aliphatic rings. The monoisotopic (exact) mass is 255 g/mol. The van der Waals surface area contributed by atoms with Crippen molar-refractivity contribution in [3.63, 3.8) is 0 Å². The van der Waals surface area contributed by atoms with E-state index in [4.69, 9.17) is 4.74 Å². The third-order valence-electron chi connectivity index (χ3n) is 2.65. The predicted molar refractivity (Wildman–Crippen MR) is 66.3 cm³/mol. The fraction of sp³-hybridized carbons (Fsp3) is 0.462. The third-order valence-corrected chi connectivity index (χ3v) is 2.65. The molecule has 0 aromatic heterocycles. The van der Waals surface area contributed by atoms with Gasteiger partial charge in [-0.25, -0.2) is 4.39 Å². The number of hydrogen-bond acceptors (Lipinski definition) is 4. The first-order valence-corrected chi connectivity index (χ1v) is 5.65. The number of Topliss-reactive ketones (excluding diaryl/α,β-unsaturated/α-hetero) is 1. The number of carbonyl (C=O) groups excluding carboxylic acids is 1. The van der Waals surface area contributed by atoms with E-state index >= 15 is 0 Å². The van der Waals surface area contributed by atoms with Crippen molar-refractivity contribution in [2.45, 2.75) is 13.5 Å². The number of methoxy groups -OCH3 is 1. The summed E-state index contributed by atoms with van der Waals surface area (Å²) in [5, 5.41) is 9.91. The second-order valence-electron chi connectivity index (χ2n) is 4.25. The van der Waals surface area contributed by atoms with Crippen LogP contribution in [0.2, 0.25) is 0 Å². The third kappa shape index (κ3) is 3.78. The molecule has 0 saturated heterocycles. The van der Waals surface area contributed by atoms with Gasteiger partial charge in [0.05, 0.1) is 12.2 Å². The van der Waals surface area contributed by atoms with Crippen LogP contribution in [-0.4, -0.2) is 43.1 Å². The number of nitrogens with zero attached hydrogens (tertiary/aromatic N) is 1. The molecule has 18 heavy (non-hydrogen) atoms. The highest BCUT2D eigenvalue weighted by molar-refractivity contribution is 5.97. The molecule has 0 heterocycles. The molecule has 0 saturated carbocycles. The fourth-order valence-electron chi connectivity index (χ4n) is 1.66. The Balaban J connectivity index is 2.91. The van der Waals surface area contributed by atoms with Gasteiger partial charge in [-0.15, -0.1) is 0 Å². The van der Waals surface area contributed by atoms with Gasteiger partial charge in [0.1, 0.15) is 11.6 Å². The van der Waals surface area contributed by atoms with Crippen molar-refractivity contribution in [3.05, 3.63) is 29.1 Å². The highest BCUT2D eigenvalue weighted by Crippen LogP contribution is 2.25. The summed E-state index contributed by atoms with van der Waals surface area (Å²) >= 11 is 0. The molecular weight excluding hydrogens is 237 g/mol. The summed E-state index contributed by atoms with van der Waals surface area (Å²) in [6.45, 7) is 2.86. The fourth-order valence-corrected chi connectivity index (χ4v) is 1.66. The van der Waals surface area contributed by atoms with Crippen molar-refractivity contribution in [2.24, 2.45) is 0 Å². The van der Waals surface area contributed by atoms with Crippen LogP contribution in [-0.2, 0) is 11.3 Å². The van der Waals surface area contributed by atoms with Gasteiger partial charge in [0.25, 0.3) is 0 Å². The van der Waals surface area contributed by atoms with Crippen molar-refractivity contribution in [1.29, 1.82) is 0 Å². The number of phenols is 1. The highest BCUT2D eigenvalue weighted by atomic mass is 19.1. The summed E-state index contributed by atoms with van der Waals surface area (Å²) in [5.41, 5.74) is 0.420. The van der Waals surface area contributed by atoms with Gasteiger partial charge in [0.2, 0.25) is 0 Å². The van der Waals surface area contributed by atoms with Gasteiger partial charge in [-0.3, -0.25) is 9.69 Å². The first-order chi connectivity index (χ1) is 8.45. The smallest absolute Gasteiger partial charge is 0.163 e. The number of benzene rings is 1. The van der Waals surface area contributed by atoms with Crippen LogP contribution < -0.4 is 0 Å². The standard InChI is InChI=1S/C13H18FNO3/c1-9(16)12-7-11(14)6-10(13(12)17)8-15(2)4-5-18-3/h6-7,17H,4-5,8H2,1-3H3. The average molecular weight is 255 g/mol. The lowest BCUT2D eigenvalue weighted by Crippen LogP contribution is -2.22. The molecular formula is C13H18FNO3. The molecule has 0 fully saturated rings. The Hall–Kier alpha value is -1.46. The van der Waals surface area contributed by atoms with E-state index in [0.717, 1.165) is 6.07 Å².